The third kappa shape index (κ3) is 3.05. The Hall–Kier alpha value is -1.47. The fraction of sp³-hybridized carbons (Fsp3) is 0.600. The highest BCUT2D eigenvalue weighted by atomic mass is 35.5. The van der Waals surface area contributed by atoms with Gasteiger partial charge in [0, 0.05) is 13.1 Å². The van der Waals surface area contributed by atoms with E-state index in [1.54, 1.807) is 0 Å². The molecule has 0 aliphatic carbocycles. The van der Waals surface area contributed by atoms with E-state index in [9.17, 15) is 10.1 Å². The van der Waals surface area contributed by atoms with E-state index in [-0.39, 0.29) is 23.0 Å². The van der Waals surface area contributed by atoms with E-state index in [1.165, 1.54) is 0 Å². The van der Waals surface area contributed by atoms with Crippen molar-refractivity contribution in [3.05, 3.63) is 21.6 Å². The van der Waals surface area contributed by atoms with E-state index in [1.807, 2.05) is 7.05 Å². The van der Waals surface area contributed by atoms with Gasteiger partial charge in [0.1, 0.15) is 12.3 Å². The van der Waals surface area contributed by atoms with Crippen LogP contribution in [0.1, 0.15) is 12.8 Å². The molecule has 1 aliphatic heterocycles. The van der Waals surface area contributed by atoms with Gasteiger partial charge in [0.15, 0.2) is 0 Å². The first-order valence-corrected chi connectivity index (χ1v) is 5.96. The Morgan fingerprint density at radius 2 is 2.22 bits per heavy atom. The molecule has 0 saturated carbocycles. The van der Waals surface area contributed by atoms with E-state index in [2.05, 4.69) is 14.9 Å². The number of rotatable bonds is 3. The van der Waals surface area contributed by atoms with E-state index in [0.29, 0.717) is 0 Å². The molecule has 0 atom stereocenters. The summed E-state index contributed by atoms with van der Waals surface area (Å²) in [6.45, 7) is 1.80. The fourth-order valence-corrected chi connectivity index (χ4v) is 1.94. The lowest BCUT2D eigenvalue weighted by molar-refractivity contribution is -0.386. The Morgan fingerprint density at radius 3 is 2.83 bits per heavy atom. The van der Waals surface area contributed by atoms with Gasteiger partial charge in [-0.05, 0) is 31.5 Å². The molecule has 8 heteroatoms. The predicted octanol–water partition coefficient (Wildman–Crippen LogP) is 1.51. The van der Waals surface area contributed by atoms with Crippen molar-refractivity contribution >= 4 is 17.3 Å². The molecule has 0 amide bonds. The first-order valence-electron chi connectivity index (χ1n) is 5.58. The summed E-state index contributed by atoms with van der Waals surface area (Å²) in [5.41, 5.74) is -0.252. The first-order chi connectivity index (χ1) is 8.56. The second-order valence-electron chi connectivity index (χ2n) is 4.21. The van der Waals surface area contributed by atoms with Crippen LogP contribution in [0.25, 0.3) is 0 Å². The zero-order valence-corrected chi connectivity index (χ0v) is 10.6. The second-order valence-corrected chi connectivity index (χ2v) is 4.55. The summed E-state index contributed by atoms with van der Waals surface area (Å²) in [6.07, 6.45) is 2.63. The van der Waals surface area contributed by atoms with Crippen LogP contribution >= 0.6 is 11.6 Å². The molecule has 18 heavy (non-hydrogen) atoms. The van der Waals surface area contributed by atoms with Crippen molar-refractivity contribution in [3.8, 4) is 5.88 Å². The molecule has 0 aromatic carbocycles. The van der Waals surface area contributed by atoms with Crippen LogP contribution in [0.4, 0.5) is 5.69 Å². The van der Waals surface area contributed by atoms with Gasteiger partial charge in [-0.1, -0.05) is 0 Å². The molecule has 0 radical (unpaired) electrons. The number of nitro groups is 1. The summed E-state index contributed by atoms with van der Waals surface area (Å²) < 4.78 is 5.57. The molecule has 1 aromatic rings. The van der Waals surface area contributed by atoms with Crippen LogP contribution in [0.3, 0.4) is 0 Å². The van der Waals surface area contributed by atoms with Gasteiger partial charge in [-0.25, -0.2) is 4.98 Å². The Balaban J connectivity index is 2.12. The molecule has 0 N–H and O–H groups in total. The van der Waals surface area contributed by atoms with E-state index in [0.717, 1.165) is 32.1 Å². The van der Waals surface area contributed by atoms with Crippen molar-refractivity contribution in [2.24, 2.45) is 0 Å². The van der Waals surface area contributed by atoms with Gasteiger partial charge < -0.3 is 9.64 Å². The van der Waals surface area contributed by atoms with Gasteiger partial charge in [0.25, 0.3) is 5.88 Å². The number of aromatic nitrogens is 2. The quantitative estimate of drug-likeness (QED) is 0.471. The molecule has 1 saturated heterocycles. The predicted molar refractivity (Wildman–Crippen MR) is 64.8 cm³/mol. The Labute approximate surface area is 109 Å². The average molecular weight is 273 g/mol. The molecule has 0 spiro atoms. The van der Waals surface area contributed by atoms with Crippen molar-refractivity contribution in [1.82, 2.24) is 14.9 Å². The topological polar surface area (TPSA) is 81.4 Å². The van der Waals surface area contributed by atoms with Crippen LogP contribution in [0.5, 0.6) is 5.88 Å². The molecule has 2 heterocycles. The number of ether oxygens (including phenoxy) is 1. The van der Waals surface area contributed by atoms with Gasteiger partial charge >= 0.3 is 5.69 Å². The highest BCUT2D eigenvalue weighted by molar-refractivity contribution is 6.28. The third-order valence-electron chi connectivity index (χ3n) is 2.85. The number of halogens is 1. The lowest BCUT2D eigenvalue weighted by Crippen LogP contribution is -2.35. The normalized spacial score (nSPS) is 17.7. The van der Waals surface area contributed by atoms with Crippen molar-refractivity contribution in [3.63, 3.8) is 0 Å². The smallest absolute Gasteiger partial charge is 0.349 e. The van der Waals surface area contributed by atoms with Crippen molar-refractivity contribution < 1.29 is 9.66 Å². The lowest BCUT2D eigenvalue weighted by atomic mass is 10.1. The number of likely N-dealkylation sites (tertiary alicyclic amines) is 1. The van der Waals surface area contributed by atoms with E-state index >= 15 is 0 Å². The van der Waals surface area contributed by atoms with Crippen LogP contribution in [-0.2, 0) is 0 Å². The van der Waals surface area contributed by atoms with Gasteiger partial charge in [-0.3, -0.25) is 10.1 Å². The summed E-state index contributed by atoms with van der Waals surface area (Å²) >= 11 is 5.63. The first kappa shape index (κ1) is 13.0. The minimum Gasteiger partial charge on any atom is -0.469 e. The van der Waals surface area contributed by atoms with Crippen molar-refractivity contribution in [2.75, 3.05) is 20.1 Å². The Bertz CT molecular complexity index is 449. The molecule has 98 valence electrons. The number of hydrogen-bond donors (Lipinski definition) is 0. The zero-order valence-electron chi connectivity index (χ0n) is 9.87. The minimum atomic E-state index is -0.569. The van der Waals surface area contributed by atoms with Crippen molar-refractivity contribution in [1.29, 1.82) is 0 Å². The lowest BCUT2D eigenvalue weighted by Gasteiger charge is -2.28. The van der Waals surface area contributed by atoms with Gasteiger partial charge in [0.2, 0.25) is 5.28 Å². The highest BCUT2D eigenvalue weighted by Gasteiger charge is 2.24. The molecular weight excluding hydrogens is 260 g/mol. The molecule has 0 bridgehead atoms. The van der Waals surface area contributed by atoms with E-state index in [4.69, 9.17) is 16.3 Å². The summed E-state index contributed by atoms with van der Waals surface area (Å²) in [6, 6.07) is 0. The average Bonchev–Trinajstić information content (AvgIpc) is 2.32. The summed E-state index contributed by atoms with van der Waals surface area (Å²) in [5.74, 6) is -0.0467. The molecule has 7 nitrogen and oxygen atoms in total. The monoisotopic (exact) mass is 272 g/mol. The minimum absolute atomic E-state index is 0.0467. The second kappa shape index (κ2) is 5.45. The van der Waals surface area contributed by atoms with Crippen LogP contribution in [0.15, 0.2) is 6.20 Å². The highest BCUT2D eigenvalue weighted by Crippen LogP contribution is 2.27. The van der Waals surface area contributed by atoms with E-state index < -0.39 is 4.92 Å². The fourth-order valence-electron chi connectivity index (χ4n) is 1.81. The molecule has 0 unspecified atom stereocenters. The maximum Gasteiger partial charge on any atom is 0.349 e. The molecular formula is C10H13ClN4O3. The number of hydrogen-bond acceptors (Lipinski definition) is 6. The van der Waals surface area contributed by atoms with Crippen LogP contribution in [0.2, 0.25) is 5.28 Å². The number of piperidine rings is 1. The summed E-state index contributed by atoms with van der Waals surface area (Å²) in [4.78, 5) is 19.8. The maximum atomic E-state index is 10.8. The molecule has 1 fully saturated rings. The largest absolute Gasteiger partial charge is 0.469 e. The van der Waals surface area contributed by atoms with Crippen LogP contribution in [-0.4, -0.2) is 46.0 Å². The molecule has 2 rings (SSSR count). The zero-order chi connectivity index (χ0) is 13.1. The van der Waals surface area contributed by atoms with Gasteiger partial charge in [-0.2, -0.15) is 4.98 Å². The van der Waals surface area contributed by atoms with Crippen LogP contribution in [0, 0.1) is 10.1 Å². The van der Waals surface area contributed by atoms with Crippen LogP contribution < -0.4 is 4.74 Å². The van der Waals surface area contributed by atoms with Gasteiger partial charge in [-0.15, -0.1) is 0 Å². The Morgan fingerprint density at radius 1 is 1.56 bits per heavy atom. The summed E-state index contributed by atoms with van der Waals surface area (Å²) in [7, 11) is 2.03. The van der Waals surface area contributed by atoms with Gasteiger partial charge in [0.05, 0.1) is 4.92 Å². The SMILES string of the molecule is CN1CCC(Oc2nc(Cl)ncc2[N+](=O)[O-])CC1. The number of nitrogens with zero attached hydrogens (tertiary/aromatic N) is 4. The summed E-state index contributed by atoms with van der Waals surface area (Å²) in [5, 5.41) is 10.8. The van der Waals surface area contributed by atoms with Crippen molar-refractivity contribution in [2.45, 2.75) is 18.9 Å². The standard InChI is InChI=1S/C10H13ClN4O3/c1-14-4-2-7(3-5-14)18-9-8(15(16)17)6-12-10(11)13-9/h6-7H,2-5H2,1H3. The molecule has 1 aliphatic rings. The maximum absolute atomic E-state index is 10.8. The Kier molecular flexibility index (Phi) is 3.93. The third-order valence-corrected chi connectivity index (χ3v) is 3.03. The molecule has 1 aromatic heterocycles.